The van der Waals surface area contributed by atoms with Crippen molar-refractivity contribution >= 4 is 29.7 Å². The fourth-order valence-electron chi connectivity index (χ4n) is 3.87. The van der Waals surface area contributed by atoms with E-state index in [9.17, 15) is 0 Å². The first kappa shape index (κ1) is 19.2. The molecule has 3 aliphatic heterocycles. The van der Waals surface area contributed by atoms with Crippen LogP contribution in [-0.2, 0) is 9.49 Å². The largest absolute Gasteiger partial charge is 0.493 e. The smallest absolute Gasteiger partial charge is 0.123 e. The van der Waals surface area contributed by atoms with E-state index in [4.69, 9.17) is 4.74 Å². The van der Waals surface area contributed by atoms with Gasteiger partial charge in [0.15, 0.2) is 0 Å². The molecule has 2 nitrogen and oxygen atoms in total. The molecule has 0 unspecified atom stereocenters. The summed E-state index contributed by atoms with van der Waals surface area (Å²) in [6.07, 6.45) is 11.1. The molecule has 0 atom stereocenters. The first-order valence-electron chi connectivity index (χ1n) is 9.82. The maximum absolute atomic E-state index is 5.96. The van der Waals surface area contributed by atoms with Crippen LogP contribution in [0, 0.1) is 5.41 Å². The molecule has 1 aromatic carbocycles. The molecule has 0 aromatic heterocycles. The third kappa shape index (κ3) is 3.63. The predicted octanol–water partition coefficient (Wildman–Crippen LogP) is 6.32. The number of hydrogen-bond donors (Lipinski definition) is 0. The van der Waals surface area contributed by atoms with Gasteiger partial charge in [-0.1, -0.05) is 45.9 Å². The minimum Gasteiger partial charge on any atom is -0.493 e. The normalized spacial score (nSPS) is 25.1. The lowest BCUT2D eigenvalue weighted by atomic mass is 9.79. The van der Waals surface area contributed by atoms with E-state index in [1.807, 2.05) is 6.21 Å². The van der Waals surface area contributed by atoms with Gasteiger partial charge in [-0.2, -0.15) is 0 Å². The van der Waals surface area contributed by atoms with Gasteiger partial charge >= 0.3 is 0 Å². The van der Waals surface area contributed by atoms with E-state index in [0.717, 1.165) is 18.8 Å². The lowest BCUT2D eigenvalue weighted by Gasteiger charge is -2.39. The zero-order valence-corrected chi connectivity index (χ0v) is 18.4. The van der Waals surface area contributed by atoms with Crippen LogP contribution in [0.25, 0.3) is 0 Å². The Morgan fingerprint density at radius 1 is 1.07 bits per heavy atom. The van der Waals surface area contributed by atoms with Crippen molar-refractivity contribution in [3.05, 3.63) is 53.3 Å². The first-order valence-corrected chi connectivity index (χ1v) is 11.8. The molecule has 0 saturated carbocycles. The average molecular weight is 400 g/mol. The van der Waals surface area contributed by atoms with Crippen molar-refractivity contribution in [1.82, 2.24) is 0 Å². The molecule has 3 heterocycles. The van der Waals surface area contributed by atoms with Gasteiger partial charge in [-0.25, -0.2) is 0 Å². The van der Waals surface area contributed by atoms with Crippen molar-refractivity contribution in [2.45, 2.75) is 50.0 Å². The molecule has 0 amide bonds. The molecule has 0 spiro atoms. The van der Waals surface area contributed by atoms with Crippen LogP contribution < -0.4 is 4.74 Å². The topological polar surface area (TPSA) is 21.6 Å². The number of ether oxygens (including phenoxy) is 1. The molecule has 0 aliphatic carbocycles. The van der Waals surface area contributed by atoms with Crippen LogP contribution in [0.4, 0.5) is 0 Å². The second-order valence-corrected chi connectivity index (χ2v) is 11.8. The molecule has 27 heavy (non-hydrogen) atoms. The molecule has 1 aromatic rings. The highest BCUT2D eigenvalue weighted by molar-refractivity contribution is 8.18. The summed E-state index contributed by atoms with van der Waals surface area (Å²) in [5, 5.41) is 0. The molecule has 4 heteroatoms. The van der Waals surface area contributed by atoms with Crippen molar-refractivity contribution < 1.29 is 4.74 Å². The van der Waals surface area contributed by atoms with E-state index in [1.165, 1.54) is 34.6 Å². The van der Waals surface area contributed by atoms with Gasteiger partial charge in [0.2, 0.25) is 0 Å². The number of allylic oxidation sites excluding steroid dienone is 2. The SMILES string of the molecule is CC1(C)C=CC(C2(c3ccc4c(c3)C(C)(C)CCO4)SCCCS2)=CN=C1. The fraction of sp³-hybridized carbons (Fsp3) is 0.522. The average Bonchev–Trinajstić information content (AvgIpc) is 2.83. The van der Waals surface area contributed by atoms with Gasteiger partial charge in [-0.3, -0.25) is 4.99 Å². The van der Waals surface area contributed by atoms with Crippen LogP contribution in [0.1, 0.15) is 51.7 Å². The van der Waals surface area contributed by atoms with E-state index >= 15 is 0 Å². The Morgan fingerprint density at radius 2 is 1.85 bits per heavy atom. The number of benzene rings is 1. The molecule has 1 fully saturated rings. The number of fused-ring (bicyclic) bond motifs is 1. The number of hydrogen-bond acceptors (Lipinski definition) is 4. The Balaban J connectivity index is 1.82. The van der Waals surface area contributed by atoms with Crippen molar-refractivity contribution in [3.63, 3.8) is 0 Å². The number of rotatable bonds is 2. The van der Waals surface area contributed by atoms with Crippen molar-refractivity contribution in [1.29, 1.82) is 0 Å². The highest BCUT2D eigenvalue weighted by Gasteiger charge is 2.41. The molecule has 0 radical (unpaired) electrons. The molecule has 144 valence electrons. The summed E-state index contributed by atoms with van der Waals surface area (Å²) in [6.45, 7) is 9.89. The predicted molar refractivity (Wildman–Crippen MR) is 120 cm³/mol. The Hall–Kier alpha value is -1.13. The first-order chi connectivity index (χ1) is 12.8. The number of nitrogens with zero attached hydrogens (tertiary/aromatic N) is 1. The maximum atomic E-state index is 5.96. The lowest BCUT2D eigenvalue weighted by molar-refractivity contribution is 0.234. The summed E-state index contributed by atoms with van der Waals surface area (Å²) in [4.78, 5) is 4.67. The Bertz CT molecular complexity index is 814. The molecular formula is C23H29NOS2. The zero-order valence-electron chi connectivity index (χ0n) is 16.7. The van der Waals surface area contributed by atoms with Crippen LogP contribution in [-0.4, -0.2) is 24.3 Å². The van der Waals surface area contributed by atoms with Crippen LogP contribution >= 0.6 is 23.5 Å². The third-order valence-corrected chi connectivity index (χ3v) is 9.11. The lowest BCUT2D eigenvalue weighted by Crippen LogP contribution is -2.29. The van der Waals surface area contributed by atoms with Gasteiger partial charge in [0.25, 0.3) is 0 Å². The Labute approximate surface area is 171 Å². The molecule has 0 bridgehead atoms. The quantitative estimate of drug-likeness (QED) is 0.581. The van der Waals surface area contributed by atoms with E-state index in [0.29, 0.717) is 0 Å². The molecule has 3 aliphatic rings. The van der Waals surface area contributed by atoms with E-state index in [1.54, 1.807) is 0 Å². The summed E-state index contributed by atoms with van der Waals surface area (Å²) >= 11 is 4.12. The summed E-state index contributed by atoms with van der Waals surface area (Å²) in [5.74, 6) is 3.42. The zero-order chi connectivity index (χ0) is 19.1. The molecule has 4 rings (SSSR count). The molecule has 1 saturated heterocycles. The van der Waals surface area contributed by atoms with Gasteiger partial charge in [0.05, 0.1) is 6.61 Å². The molecular weight excluding hydrogens is 370 g/mol. The van der Waals surface area contributed by atoms with Crippen LogP contribution in [0.2, 0.25) is 0 Å². The van der Waals surface area contributed by atoms with Crippen LogP contribution in [0.15, 0.2) is 47.1 Å². The summed E-state index contributed by atoms with van der Waals surface area (Å²) in [5.41, 5.74) is 4.17. The Kier molecular flexibility index (Phi) is 5.00. The summed E-state index contributed by atoms with van der Waals surface area (Å²) in [7, 11) is 0. The van der Waals surface area contributed by atoms with E-state index in [-0.39, 0.29) is 14.9 Å². The van der Waals surface area contributed by atoms with Gasteiger partial charge in [0, 0.05) is 29.0 Å². The number of thioether (sulfide) groups is 2. The summed E-state index contributed by atoms with van der Waals surface area (Å²) < 4.78 is 5.87. The fourth-order valence-corrected chi connectivity index (χ4v) is 7.20. The Morgan fingerprint density at radius 3 is 2.63 bits per heavy atom. The maximum Gasteiger partial charge on any atom is 0.123 e. The third-order valence-electron chi connectivity index (χ3n) is 5.67. The second kappa shape index (κ2) is 7.04. The van der Waals surface area contributed by atoms with Crippen molar-refractivity contribution in [2.24, 2.45) is 10.4 Å². The van der Waals surface area contributed by atoms with Crippen LogP contribution in [0.3, 0.4) is 0 Å². The van der Waals surface area contributed by atoms with Gasteiger partial charge in [0.1, 0.15) is 9.83 Å². The second-order valence-electron chi connectivity index (χ2n) is 8.88. The van der Waals surface area contributed by atoms with E-state index < -0.39 is 0 Å². The minimum atomic E-state index is -0.0882. The number of aliphatic imine (C=N–C) groups is 1. The monoisotopic (exact) mass is 399 g/mol. The van der Waals surface area contributed by atoms with Crippen molar-refractivity contribution in [2.75, 3.05) is 18.1 Å². The minimum absolute atomic E-state index is 0.00484. The summed E-state index contributed by atoms with van der Waals surface area (Å²) in [6, 6.07) is 6.88. The van der Waals surface area contributed by atoms with Crippen LogP contribution in [0.5, 0.6) is 5.75 Å². The standard InChI is InChI=1S/C23H29NOS2/c1-21(2)9-8-18(15-24-16-21)23(26-12-5-13-27-23)17-6-7-20-19(14-17)22(3,4)10-11-25-20/h6-9,14-16H,5,10-13H2,1-4H3. The highest BCUT2D eigenvalue weighted by Crippen LogP contribution is 2.57. The van der Waals surface area contributed by atoms with Gasteiger partial charge in [-0.05, 0) is 47.5 Å². The molecule has 0 N–H and O–H groups in total. The van der Waals surface area contributed by atoms with Crippen molar-refractivity contribution in [3.8, 4) is 5.75 Å². The van der Waals surface area contributed by atoms with Gasteiger partial charge < -0.3 is 4.74 Å². The van der Waals surface area contributed by atoms with Gasteiger partial charge in [-0.15, -0.1) is 23.5 Å². The van der Waals surface area contributed by atoms with E-state index in [2.05, 4.69) is 92.8 Å². The highest BCUT2D eigenvalue weighted by atomic mass is 32.2.